The number of nitrogens with zero attached hydrogens (tertiary/aromatic N) is 3. The van der Waals surface area contributed by atoms with Crippen molar-refractivity contribution in [3.8, 4) is 6.07 Å². The maximum absolute atomic E-state index is 13.3. The monoisotopic (exact) mass is 291 g/mol. The van der Waals surface area contributed by atoms with Gasteiger partial charge in [-0.2, -0.15) is 5.26 Å². The number of benzene rings is 1. The van der Waals surface area contributed by atoms with Gasteiger partial charge in [-0.25, -0.2) is 4.39 Å². The van der Waals surface area contributed by atoms with Crippen LogP contribution >= 0.6 is 0 Å². The van der Waals surface area contributed by atoms with E-state index in [0.29, 0.717) is 25.9 Å². The molecule has 0 radical (unpaired) electrons. The summed E-state index contributed by atoms with van der Waals surface area (Å²) in [5.41, 5.74) is -1.14. The smallest absolute Gasteiger partial charge is 0.282 e. The zero-order valence-electron chi connectivity index (χ0n) is 11.5. The summed E-state index contributed by atoms with van der Waals surface area (Å²) >= 11 is 0. The van der Waals surface area contributed by atoms with E-state index in [1.807, 2.05) is 6.92 Å². The molecule has 0 aliphatic carbocycles. The summed E-state index contributed by atoms with van der Waals surface area (Å²) in [6, 6.07) is 5.05. The van der Waals surface area contributed by atoms with Crippen LogP contribution in [0.4, 0.5) is 10.1 Å². The number of hydrogen-bond acceptors (Lipinski definition) is 4. The predicted octanol–water partition coefficient (Wildman–Crippen LogP) is 2.50. The molecule has 6 nitrogen and oxygen atoms in total. The summed E-state index contributed by atoms with van der Waals surface area (Å²) in [5, 5.41) is 20.0. The number of piperidine rings is 1. The Labute approximate surface area is 120 Å². The molecule has 1 amide bonds. The normalized spacial score (nSPS) is 17.1. The molecule has 2 rings (SSSR count). The van der Waals surface area contributed by atoms with Gasteiger partial charge in [0.05, 0.1) is 16.4 Å². The first kappa shape index (κ1) is 14.9. The Morgan fingerprint density at radius 2 is 2.10 bits per heavy atom. The van der Waals surface area contributed by atoms with Gasteiger partial charge in [-0.15, -0.1) is 0 Å². The standard InChI is InChI=1S/C14H14FN3O3/c1-14(9-16)4-6-17(7-5-14)13(19)11-8-10(15)2-3-12(11)18(20)21/h2-3,8H,4-7H2,1H3. The second kappa shape index (κ2) is 5.48. The molecule has 1 aromatic rings. The van der Waals surface area contributed by atoms with Crippen LogP contribution in [0.1, 0.15) is 30.1 Å². The van der Waals surface area contributed by atoms with Crippen molar-refractivity contribution in [1.29, 1.82) is 5.26 Å². The van der Waals surface area contributed by atoms with Crippen LogP contribution in [0.5, 0.6) is 0 Å². The summed E-state index contributed by atoms with van der Waals surface area (Å²) < 4.78 is 13.3. The minimum absolute atomic E-state index is 0.249. The van der Waals surface area contributed by atoms with Crippen molar-refractivity contribution in [3.63, 3.8) is 0 Å². The summed E-state index contributed by atoms with van der Waals surface area (Å²) in [6.45, 7) is 2.48. The molecule has 110 valence electrons. The van der Waals surface area contributed by atoms with E-state index in [2.05, 4.69) is 6.07 Å². The number of rotatable bonds is 2. The van der Waals surface area contributed by atoms with E-state index >= 15 is 0 Å². The van der Waals surface area contributed by atoms with Crippen LogP contribution in [-0.2, 0) is 0 Å². The lowest BCUT2D eigenvalue weighted by Gasteiger charge is -2.34. The molecule has 1 fully saturated rings. The van der Waals surface area contributed by atoms with Crippen molar-refractivity contribution in [2.45, 2.75) is 19.8 Å². The number of nitriles is 1. The van der Waals surface area contributed by atoms with E-state index in [1.54, 1.807) is 0 Å². The average molecular weight is 291 g/mol. The van der Waals surface area contributed by atoms with Crippen LogP contribution in [0.3, 0.4) is 0 Å². The molecule has 1 aliphatic heterocycles. The number of amides is 1. The second-order valence-electron chi connectivity index (χ2n) is 5.38. The van der Waals surface area contributed by atoms with Crippen LogP contribution in [-0.4, -0.2) is 28.8 Å². The molecule has 0 bridgehead atoms. The summed E-state index contributed by atoms with van der Waals surface area (Å²) in [7, 11) is 0. The van der Waals surface area contributed by atoms with Gasteiger partial charge in [0, 0.05) is 19.2 Å². The molecule has 0 unspecified atom stereocenters. The van der Waals surface area contributed by atoms with Crippen molar-refractivity contribution in [2.24, 2.45) is 5.41 Å². The van der Waals surface area contributed by atoms with Crippen molar-refractivity contribution in [1.82, 2.24) is 4.90 Å². The lowest BCUT2D eigenvalue weighted by atomic mass is 9.82. The van der Waals surface area contributed by atoms with Crippen molar-refractivity contribution in [2.75, 3.05) is 13.1 Å². The van der Waals surface area contributed by atoms with Crippen molar-refractivity contribution in [3.05, 3.63) is 39.7 Å². The summed E-state index contributed by atoms with van der Waals surface area (Å²) in [6.07, 6.45) is 0.997. The van der Waals surface area contributed by atoms with Gasteiger partial charge in [0.2, 0.25) is 0 Å². The van der Waals surface area contributed by atoms with Gasteiger partial charge in [-0.3, -0.25) is 14.9 Å². The van der Waals surface area contributed by atoms with Crippen LogP contribution in [0.2, 0.25) is 0 Å². The minimum atomic E-state index is -0.698. The Morgan fingerprint density at radius 3 is 2.62 bits per heavy atom. The fraction of sp³-hybridized carbons (Fsp3) is 0.429. The molecule has 1 heterocycles. The van der Waals surface area contributed by atoms with E-state index in [1.165, 1.54) is 4.90 Å². The number of nitro groups is 1. The van der Waals surface area contributed by atoms with Crippen molar-refractivity contribution < 1.29 is 14.1 Å². The Morgan fingerprint density at radius 1 is 1.48 bits per heavy atom. The molecule has 1 aromatic carbocycles. The van der Waals surface area contributed by atoms with Crippen molar-refractivity contribution >= 4 is 11.6 Å². The van der Waals surface area contributed by atoms with E-state index in [0.717, 1.165) is 18.2 Å². The Kier molecular flexibility index (Phi) is 3.89. The number of halogens is 1. The van der Waals surface area contributed by atoms with Gasteiger partial charge in [0.25, 0.3) is 11.6 Å². The zero-order chi connectivity index (χ0) is 15.6. The number of likely N-dealkylation sites (tertiary alicyclic amines) is 1. The van der Waals surface area contributed by atoms with Crippen LogP contribution in [0, 0.1) is 32.7 Å². The quantitative estimate of drug-likeness (QED) is 0.618. The van der Waals surface area contributed by atoms with E-state index < -0.39 is 27.8 Å². The van der Waals surface area contributed by atoms with Gasteiger partial charge < -0.3 is 4.90 Å². The minimum Gasteiger partial charge on any atom is -0.338 e. The summed E-state index contributed by atoms with van der Waals surface area (Å²) in [4.78, 5) is 24.0. The van der Waals surface area contributed by atoms with Gasteiger partial charge in [0.15, 0.2) is 0 Å². The van der Waals surface area contributed by atoms with Crippen LogP contribution in [0.25, 0.3) is 0 Å². The molecular weight excluding hydrogens is 277 g/mol. The first-order valence-corrected chi connectivity index (χ1v) is 6.51. The van der Waals surface area contributed by atoms with Gasteiger partial charge in [-0.1, -0.05) is 0 Å². The van der Waals surface area contributed by atoms with E-state index in [-0.39, 0.29) is 5.56 Å². The van der Waals surface area contributed by atoms with Gasteiger partial charge in [-0.05, 0) is 31.9 Å². The van der Waals surface area contributed by atoms with E-state index in [9.17, 15) is 19.3 Å². The summed E-state index contributed by atoms with van der Waals surface area (Å²) in [5.74, 6) is -1.26. The third-order valence-corrected chi connectivity index (χ3v) is 3.81. The highest BCUT2D eigenvalue weighted by molar-refractivity contribution is 5.98. The molecular formula is C14H14FN3O3. The third-order valence-electron chi connectivity index (χ3n) is 3.81. The molecule has 0 N–H and O–H groups in total. The Bertz CT molecular complexity index is 631. The van der Waals surface area contributed by atoms with Crippen LogP contribution < -0.4 is 0 Å². The molecule has 7 heteroatoms. The highest BCUT2D eigenvalue weighted by Gasteiger charge is 2.34. The number of carbonyl (C=O) groups is 1. The lowest BCUT2D eigenvalue weighted by molar-refractivity contribution is -0.385. The predicted molar refractivity (Wildman–Crippen MR) is 71.9 cm³/mol. The maximum atomic E-state index is 13.3. The molecule has 0 atom stereocenters. The first-order chi connectivity index (χ1) is 9.86. The molecule has 21 heavy (non-hydrogen) atoms. The van der Waals surface area contributed by atoms with E-state index in [4.69, 9.17) is 5.26 Å². The zero-order valence-corrected chi connectivity index (χ0v) is 11.5. The molecule has 0 spiro atoms. The number of nitro benzene ring substituents is 1. The molecule has 1 saturated heterocycles. The average Bonchev–Trinajstić information content (AvgIpc) is 2.47. The fourth-order valence-electron chi connectivity index (χ4n) is 2.32. The highest BCUT2D eigenvalue weighted by atomic mass is 19.1. The SMILES string of the molecule is CC1(C#N)CCN(C(=O)c2cc(F)ccc2[N+](=O)[O-])CC1. The first-order valence-electron chi connectivity index (χ1n) is 6.51. The molecule has 0 saturated carbocycles. The third kappa shape index (κ3) is 2.99. The van der Waals surface area contributed by atoms with Crippen LogP contribution in [0.15, 0.2) is 18.2 Å². The molecule has 0 aromatic heterocycles. The molecule has 1 aliphatic rings. The maximum Gasteiger partial charge on any atom is 0.282 e. The van der Waals surface area contributed by atoms with Gasteiger partial charge in [0.1, 0.15) is 11.4 Å². The number of carbonyl (C=O) groups excluding carboxylic acids is 1. The largest absolute Gasteiger partial charge is 0.338 e. The Hall–Kier alpha value is -2.49. The highest BCUT2D eigenvalue weighted by Crippen LogP contribution is 2.31. The lowest BCUT2D eigenvalue weighted by Crippen LogP contribution is -2.41. The topological polar surface area (TPSA) is 87.2 Å². The Balaban J connectivity index is 2.24. The second-order valence-corrected chi connectivity index (χ2v) is 5.38. The fourth-order valence-corrected chi connectivity index (χ4v) is 2.32. The number of hydrogen-bond donors (Lipinski definition) is 0. The van der Waals surface area contributed by atoms with Gasteiger partial charge >= 0.3 is 0 Å².